The Hall–Kier alpha value is -5.21. The molecule has 5 aromatic carbocycles. The van der Waals surface area contributed by atoms with Crippen LogP contribution in [0.3, 0.4) is 0 Å². The number of rotatable bonds is 8. The van der Waals surface area contributed by atoms with E-state index in [-0.39, 0.29) is 11.8 Å². The topological polar surface area (TPSA) is 101 Å². The summed E-state index contributed by atoms with van der Waals surface area (Å²) in [4.78, 5) is 26.2. The summed E-state index contributed by atoms with van der Waals surface area (Å²) in [5, 5.41) is 16.7. The van der Waals surface area contributed by atoms with Crippen molar-refractivity contribution in [2.24, 2.45) is 10.2 Å². The Balaban J connectivity index is 1.48. The molecule has 2 amide bonds. The fourth-order valence-corrected chi connectivity index (χ4v) is 4.39. The molecule has 0 saturated heterocycles. The number of carbonyl (C=O) groups is 2. The van der Waals surface area contributed by atoms with Crippen molar-refractivity contribution in [2.75, 3.05) is 24.9 Å². The number of nitrogens with zero attached hydrogens (tertiary/aromatic N) is 2. The number of nitrogens with one attached hydrogen (secondary N) is 2. The van der Waals surface area contributed by atoms with Crippen LogP contribution < -0.4 is 20.1 Å². The highest BCUT2D eigenvalue weighted by Gasteiger charge is 2.15. The van der Waals surface area contributed by atoms with Gasteiger partial charge in [0, 0.05) is 27.2 Å². The molecule has 0 saturated carbocycles. The van der Waals surface area contributed by atoms with Crippen LogP contribution in [0, 0.1) is 0 Å². The van der Waals surface area contributed by atoms with Crippen LogP contribution in [0.2, 0.25) is 5.02 Å². The number of para-hydroxylation sites is 1. The Morgan fingerprint density at radius 3 is 2.10 bits per heavy atom. The van der Waals surface area contributed by atoms with Crippen LogP contribution in [0.15, 0.2) is 113 Å². The van der Waals surface area contributed by atoms with Crippen molar-refractivity contribution in [3.63, 3.8) is 0 Å². The Labute approximate surface area is 241 Å². The van der Waals surface area contributed by atoms with Gasteiger partial charge in [0.1, 0.15) is 17.2 Å². The first-order valence-corrected chi connectivity index (χ1v) is 13.0. The standard InChI is InChI=1S/C32H25ClN4O4/c1-40-29-15-13-23(33)19-27(29)35-32(39)22-16-20-8-6-7-11-25(20)26(18-22)36-37-28-17-21(12-14-30(28)41-2)31(38)34-24-9-4-3-5-10-24/h3-19H,1-2H3,(H,34,38)(H,35,39). The molecule has 0 heterocycles. The highest BCUT2D eigenvalue weighted by molar-refractivity contribution is 6.31. The van der Waals surface area contributed by atoms with Gasteiger partial charge in [-0.1, -0.05) is 54.1 Å². The van der Waals surface area contributed by atoms with Crippen molar-refractivity contribution in [2.45, 2.75) is 0 Å². The minimum atomic E-state index is -0.370. The van der Waals surface area contributed by atoms with Crippen LogP contribution >= 0.6 is 11.6 Å². The molecule has 2 N–H and O–H groups in total. The van der Waals surface area contributed by atoms with E-state index in [2.05, 4.69) is 20.9 Å². The Morgan fingerprint density at radius 1 is 0.659 bits per heavy atom. The molecule has 0 atom stereocenters. The third-order valence-corrected chi connectivity index (χ3v) is 6.49. The SMILES string of the molecule is COc1ccc(C(=O)Nc2ccccc2)cc1N=Nc1cc(C(=O)Nc2cc(Cl)ccc2OC)cc2ccccc12. The van der Waals surface area contributed by atoms with E-state index in [0.29, 0.717) is 50.4 Å². The van der Waals surface area contributed by atoms with Gasteiger partial charge in [-0.25, -0.2) is 0 Å². The number of hydrogen-bond donors (Lipinski definition) is 2. The molecular weight excluding hydrogens is 540 g/mol. The van der Waals surface area contributed by atoms with Crippen LogP contribution in [0.1, 0.15) is 20.7 Å². The first kappa shape index (κ1) is 27.4. The van der Waals surface area contributed by atoms with E-state index in [0.717, 1.165) is 10.8 Å². The maximum absolute atomic E-state index is 13.3. The number of benzene rings is 5. The molecule has 0 bridgehead atoms. The van der Waals surface area contributed by atoms with Crippen LogP contribution in [-0.4, -0.2) is 26.0 Å². The van der Waals surface area contributed by atoms with Gasteiger partial charge in [-0.15, -0.1) is 10.2 Å². The molecule has 0 aromatic heterocycles. The zero-order chi connectivity index (χ0) is 28.8. The maximum atomic E-state index is 13.3. The molecule has 41 heavy (non-hydrogen) atoms. The van der Waals surface area contributed by atoms with E-state index in [1.165, 1.54) is 14.2 Å². The lowest BCUT2D eigenvalue weighted by atomic mass is 10.0. The number of fused-ring (bicyclic) bond motifs is 1. The van der Waals surface area contributed by atoms with Gasteiger partial charge in [-0.3, -0.25) is 9.59 Å². The fraction of sp³-hybridized carbons (Fsp3) is 0.0625. The van der Waals surface area contributed by atoms with Crippen molar-refractivity contribution >= 4 is 56.9 Å². The van der Waals surface area contributed by atoms with Crippen molar-refractivity contribution in [3.8, 4) is 11.5 Å². The lowest BCUT2D eigenvalue weighted by Gasteiger charge is -2.12. The number of anilines is 2. The Morgan fingerprint density at radius 2 is 1.32 bits per heavy atom. The van der Waals surface area contributed by atoms with Gasteiger partial charge in [0.05, 0.1) is 25.6 Å². The Kier molecular flexibility index (Phi) is 8.22. The second-order valence-corrected chi connectivity index (χ2v) is 9.36. The number of azo groups is 1. The second-order valence-electron chi connectivity index (χ2n) is 8.92. The first-order chi connectivity index (χ1) is 19.9. The molecule has 5 aromatic rings. The van der Waals surface area contributed by atoms with Crippen molar-refractivity contribution in [1.82, 2.24) is 0 Å². The summed E-state index contributed by atoms with van der Waals surface area (Å²) < 4.78 is 10.8. The lowest BCUT2D eigenvalue weighted by Crippen LogP contribution is -2.12. The van der Waals surface area contributed by atoms with Crippen LogP contribution in [-0.2, 0) is 0 Å². The summed E-state index contributed by atoms with van der Waals surface area (Å²) >= 11 is 6.13. The van der Waals surface area contributed by atoms with Crippen molar-refractivity contribution < 1.29 is 19.1 Å². The van der Waals surface area contributed by atoms with Crippen LogP contribution in [0.25, 0.3) is 10.8 Å². The molecular formula is C32H25ClN4O4. The normalized spacial score (nSPS) is 10.9. The van der Waals surface area contributed by atoms with Crippen molar-refractivity contribution in [1.29, 1.82) is 0 Å². The van der Waals surface area contributed by atoms with Crippen LogP contribution in [0.4, 0.5) is 22.7 Å². The summed E-state index contributed by atoms with van der Waals surface area (Å²) in [6.45, 7) is 0. The second kappa shape index (κ2) is 12.3. The van der Waals surface area contributed by atoms with E-state index in [1.807, 2.05) is 42.5 Å². The largest absolute Gasteiger partial charge is 0.495 e. The highest BCUT2D eigenvalue weighted by atomic mass is 35.5. The molecule has 0 aliphatic carbocycles. The molecule has 0 spiro atoms. The number of ether oxygens (including phenoxy) is 2. The number of amides is 2. The number of hydrogen-bond acceptors (Lipinski definition) is 6. The van der Waals surface area contributed by atoms with Gasteiger partial charge >= 0.3 is 0 Å². The maximum Gasteiger partial charge on any atom is 0.255 e. The average Bonchev–Trinajstić information content (AvgIpc) is 3.00. The smallest absolute Gasteiger partial charge is 0.255 e. The molecule has 8 nitrogen and oxygen atoms in total. The number of methoxy groups -OCH3 is 2. The summed E-state index contributed by atoms with van der Waals surface area (Å²) in [6.07, 6.45) is 0. The highest BCUT2D eigenvalue weighted by Crippen LogP contribution is 2.34. The van der Waals surface area contributed by atoms with Crippen molar-refractivity contribution in [3.05, 3.63) is 119 Å². The van der Waals surface area contributed by atoms with E-state index >= 15 is 0 Å². The van der Waals surface area contributed by atoms with Gasteiger partial charge in [-0.05, 0) is 66.0 Å². The fourth-order valence-electron chi connectivity index (χ4n) is 4.22. The minimum absolute atomic E-state index is 0.295. The third kappa shape index (κ3) is 6.34. The lowest BCUT2D eigenvalue weighted by molar-refractivity contribution is 0.101. The van der Waals surface area contributed by atoms with Gasteiger partial charge in [0.25, 0.3) is 11.8 Å². The molecule has 5 rings (SSSR count). The predicted molar refractivity (Wildman–Crippen MR) is 161 cm³/mol. The van der Waals surface area contributed by atoms with E-state index in [1.54, 1.807) is 60.7 Å². The minimum Gasteiger partial charge on any atom is -0.495 e. The van der Waals surface area contributed by atoms with Gasteiger partial charge in [0.2, 0.25) is 0 Å². The van der Waals surface area contributed by atoms with E-state index in [9.17, 15) is 9.59 Å². The summed E-state index contributed by atoms with van der Waals surface area (Å²) in [5.74, 6) is 0.254. The van der Waals surface area contributed by atoms with E-state index < -0.39 is 0 Å². The van der Waals surface area contributed by atoms with Gasteiger partial charge in [0.15, 0.2) is 0 Å². The number of halogens is 1. The molecule has 0 radical (unpaired) electrons. The molecule has 0 aliphatic heterocycles. The molecule has 9 heteroatoms. The monoisotopic (exact) mass is 564 g/mol. The average molecular weight is 565 g/mol. The van der Waals surface area contributed by atoms with Gasteiger partial charge < -0.3 is 20.1 Å². The molecule has 0 aliphatic rings. The predicted octanol–water partition coefficient (Wildman–Crippen LogP) is 8.43. The molecule has 0 fully saturated rings. The quantitative estimate of drug-likeness (QED) is 0.185. The summed E-state index contributed by atoms with van der Waals surface area (Å²) in [5.41, 5.74) is 2.69. The summed E-state index contributed by atoms with van der Waals surface area (Å²) in [6, 6.07) is 30.0. The van der Waals surface area contributed by atoms with Crippen LogP contribution in [0.5, 0.6) is 11.5 Å². The molecule has 0 unspecified atom stereocenters. The van der Waals surface area contributed by atoms with Gasteiger partial charge in [-0.2, -0.15) is 0 Å². The van der Waals surface area contributed by atoms with E-state index in [4.69, 9.17) is 21.1 Å². The first-order valence-electron chi connectivity index (χ1n) is 12.6. The zero-order valence-corrected chi connectivity index (χ0v) is 23.0. The summed E-state index contributed by atoms with van der Waals surface area (Å²) in [7, 11) is 3.03. The Bertz CT molecular complexity index is 1770. The number of carbonyl (C=O) groups excluding carboxylic acids is 2. The zero-order valence-electron chi connectivity index (χ0n) is 22.2. The molecule has 204 valence electrons. The third-order valence-electron chi connectivity index (χ3n) is 6.25.